The smallest absolute Gasteiger partial charge is 0.331 e. The molecule has 4 atom stereocenters. The van der Waals surface area contributed by atoms with Crippen molar-refractivity contribution in [2.45, 2.75) is 71.8 Å². The van der Waals surface area contributed by atoms with Gasteiger partial charge in [-0.3, -0.25) is 0 Å². The Morgan fingerprint density at radius 3 is 2.57 bits per heavy atom. The van der Waals surface area contributed by atoms with Crippen molar-refractivity contribution in [2.75, 3.05) is 0 Å². The summed E-state index contributed by atoms with van der Waals surface area (Å²) in [5.74, 6) is 0.152. The number of carboxylic acids is 1. The molecular formula is C20H30O3. The Morgan fingerprint density at radius 2 is 1.87 bits per heavy atom. The zero-order valence-corrected chi connectivity index (χ0v) is 14.6. The third kappa shape index (κ3) is 2.88. The molecule has 1 fully saturated rings. The first-order valence-corrected chi connectivity index (χ1v) is 9.03. The lowest BCUT2D eigenvalue weighted by Crippen LogP contribution is -2.49. The van der Waals surface area contributed by atoms with Crippen LogP contribution in [0.3, 0.4) is 0 Å². The number of aliphatic hydroxyl groups excluding tert-OH is 1. The van der Waals surface area contributed by atoms with Gasteiger partial charge in [0.1, 0.15) is 0 Å². The SMILES string of the molecule is CC1(C)CCCC2(C)C3CC=C(C(=O)O)CC(O)CC3=CCC12. The zero-order valence-electron chi connectivity index (χ0n) is 14.6. The number of allylic oxidation sites excluding steroid dienone is 2. The molecular weight excluding hydrogens is 288 g/mol. The van der Waals surface area contributed by atoms with Crippen LogP contribution in [0.25, 0.3) is 0 Å². The molecule has 3 aliphatic rings. The summed E-state index contributed by atoms with van der Waals surface area (Å²) in [5.41, 5.74) is 2.32. The van der Waals surface area contributed by atoms with E-state index in [0.29, 0.717) is 29.2 Å². The van der Waals surface area contributed by atoms with Gasteiger partial charge in [-0.1, -0.05) is 44.9 Å². The van der Waals surface area contributed by atoms with Crippen LogP contribution in [0.2, 0.25) is 0 Å². The molecule has 0 aliphatic heterocycles. The van der Waals surface area contributed by atoms with Crippen LogP contribution in [0.15, 0.2) is 23.3 Å². The highest BCUT2D eigenvalue weighted by Gasteiger charge is 2.52. The third-order valence-corrected chi connectivity index (χ3v) is 6.94. The highest BCUT2D eigenvalue weighted by molar-refractivity contribution is 5.86. The topological polar surface area (TPSA) is 57.5 Å². The molecule has 0 aromatic carbocycles. The van der Waals surface area contributed by atoms with Crippen LogP contribution in [0.4, 0.5) is 0 Å². The minimum Gasteiger partial charge on any atom is -0.478 e. The van der Waals surface area contributed by atoms with E-state index in [1.807, 2.05) is 6.08 Å². The van der Waals surface area contributed by atoms with E-state index >= 15 is 0 Å². The number of hydrogen-bond acceptors (Lipinski definition) is 2. The molecule has 0 aromatic rings. The van der Waals surface area contributed by atoms with Crippen LogP contribution in [-0.2, 0) is 4.79 Å². The van der Waals surface area contributed by atoms with Gasteiger partial charge in [-0.05, 0) is 54.8 Å². The van der Waals surface area contributed by atoms with E-state index in [2.05, 4.69) is 26.8 Å². The van der Waals surface area contributed by atoms with Crippen molar-refractivity contribution in [3.8, 4) is 0 Å². The van der Waals surface area contributed by atoms with Crippen molar-refractivity contribution >= 4 is 5.97 Å². The van der Waals surface area contributed by atoms with Gasteiger partial charge in [-0.15, -0.1) is 0 Å². The Kier molecular flexibility index (Phi) is 4.20. The van der Waals surface area contributed by atoms with E-state index in [-0.39, 0.29) is 11.8 Å². The molecule has 0 spiro atoms. The number of carboxylic acid groups (broad SMARTS) is 1. The molecule has 3 heteroatoms. The fourth-order valence-electron chi connectivity index (χ4n) is 5.77. The van der Waals surface area contributed by atoms with Gasteiger partial charge in [0.25, 0.3) is 0 Å². The van der Waals surface area contributed by atoms with Crippen molar-refractivity contribution in [3.63, 3.8) is 0 Å². The molecule has 128 valence electrons. The van der Waals surface area contributed by atoms with Crippen molar-refractivity contribution in [2.24, 2.45) is 22.7 Å². The molecule has 3 rings (SSSR count). The van der Waals surface area contributed by atoms with Crippen LogP contribution in [0.1, 0.15) is 65.7 Å². The predicted molar refractivity (Wildman–Crippen MR) is 91.0 cm³/mol. The lowest BCUT2D eigenvalue weighted by Gasteiger charge is -2.57. The zero-order chi connectivity index (χ0) is 16.8. The second-order valence-electron chi connectivity index (χ2n) is 8.80. The van der Waals surface area contributed by atoms with Gasteiger partial charge < -0.3 is 10.2 Å². The van der Waals surface area contributed by atoms with Crippen molar-refractivity contribution in [1.29, 1.82) is 0 Å². The number of aliphatic carboxylic acids is 1. The molecule has 23 heavy (non-hydrogen) atoms. The molecule has 0 heterocycles. The summed E-state index contributed by atoms with van der Waals surface area (Å²) < 4.78 is 0. The summed E-state index contributed by atoms with van der Waals surface area (Å²) in [6.45, 7) is 7.20. The molecule has 4 unspecified atom stereocenters. The van der Waals surface area contributed by atoms with E-state index in [1.165, 1.54) is 24.8 Å². The number of aliphatic hydroxyl groups is 1. The number of fused-ring (bicyclic) bond motifs is 3. The number of rotatable bonds is 1. The Hall–Kier alpha value is -1.09. The Morgan fingerprint density at radius 1 is 1.13 bits per heavy atom. The largest absolute Gasteiger partial charge is 0.478 e. The van der Waals surface area contributed by atoms with Crippen LogP contribution in [0.5, 0.6) is 0 Å². The normalized spacial score (nSPS) is 39.9. The monoisotopic (exact) mass is 318 g/mol. The second kappa shape index (κ2) is 5.77. The fourth-order valence-corrected chi connectivity index (χ4v) is 5.77. The van der Waals surface area contributed by atoms with E-state index in [9.17, 15) is 15.0 Å². The summed E-state index contributed by atoms with van der Waals surface area (Å²) in [6, 6.07) is 0. The molecule has 0 amide bonds. The van der Waals surface area contributed by atoms with Gasteiger partial charge in [0, 0.05) is 12.0 Å². The standard InChI is InChI=1S/C20H30O3/c1-19(2)9-4-10-20(3)16-7-5-14(18(22)23)12-15(21)11-13(16)6-8-17(19)20/h5-6,15-17,21H,4,7-12H2,1-3H3,(H,22,23). The molecule has 1 saturated carbocycles. The number of hydrogen-bond donors (Lipinski definition) is 2. The van der Waals surface area contributed by atoms with E-state index in [4.69, 9.17) is 0 Å². The van der Waals surface area contributed by atoms with Gasteiger partial charge in [-0.25, -0.2) is 4.79 Å². The lowest BCUT2D eigenvalue weighted by molar-refractivity contribution is -0.133. The lowest BCUT2D eigenvalue weighted by atomic mass is 9.47. The molecule has 3 nitrogen and oxygen atoms in total. The summed E-state index contributed by atoms with van der Waals surface area (Å²) in [6.07, 6.45) is 10.3. The van der Waals surface area contributed by atoms with Gasteiger partial charge in [0.05, 0.1) is 6.10 Å². The quantitative estimate of drug-likeness (QED) is 0.708. The van der Waals surface area contributed by atoms with E-state index in [1.54, 1.807) is 0 Å². The summed E-state index contributed by atoms with van der Waals surface area (Å²) in [7, 11) is 0. The van der Waals surface area contributed by atoms with Crippen molar-refractivity contribution in [1.82, 2.24) is 0 Å². The van der Waals surface area contributed by atoms with Crippen LogP contribution < -0.4 is 0 Å². The minimum atomic E-state index is -0.877. The first kappa shape index (κ1) is 16.8. The maximum Gasteiger partial charge on any atom is 0.331 e. The van der Waals surface area contributed by atoms with Gasteiger partial charge in [0.2, 0.25) is 0 Å². The van der Waals surface area contributed by atoms with Crippen LogP contribution in [-0.4, -0.2) is 22.3 Å². The molecule has 0 radical (unpaired) electrons. The van der Waals surface area contributed by atoms with E-state index < -0.39 is 12.1 Å². The first-order chi connectivity index (χ1) is 10.7. The highest BCUT2D eigenvalue weighted by atomic mass is 16.4. The third-order valence-electron chi connectivity index (χ3n) is 6.94. The summed E-state index contributed by atoms with van der Waals surface area (Å²) in [5, 5.41) is 19.7. The maximum atomic E-state index is 11.4. The fraction of sp³-hybridized carbons (Fsp3) is 0.750. The molecule has 0 aromatic heterocycles. The van der Waals surface area contributed by atoms with Crippen LogP contribution in [0, 0.1) is 22.7 Å². The molecule has 3 aliphatic carbocycles. The molecule has 0 bridgehead atoms. The van der Waals surface area contributed by atoms with E-state index in [0.717, 1.165) is 12.8 Å². The molecule has 2 N–H and O–H groups in total. The minimum absolute atomic E-state index is 0.225. The number of carbonyl (C=O) groups is 1. The molecule has 0 saturated heterocycles. The Balaban J connectivity index is 1.99. The highest BCUT2D eigenvalue weighted by Crippen LogP contribution is 2.61. The summed E-state index contributed by atoms with van der Waals surface area (Å²) >= 11 is 0. The first-order valence-electron chi connectivity index (χ1n) is 9.03. The average molecular weight is 318 g/mol. The van der Waals surface area contributed by atoms with Gasteiger partial charge >= 0.3 is 5.97 Å². The van der Waals surface area contributed by atoms with Gasteiger partial charge in [-0.2, -0.15) is 0 Å². The van der Waals surface area contributed by atoms with Crippen molar-refractivity contribution < 1.29 is 15.0 Å². The summed E-state index contributed by atoms with van der Waals surface area (Å²) in [4.78, 5) is 11.4. The maximum absolute atomic E-state index is 11.4. The Labute approximate surface area is 139 Å². The van der Waals surface area contributed by atoms with Crippen molar-refractivity contribution in [3.05, 3.63) is 23.3 Å². The Bertz CT molecular complexity index is 557. The predicted octanol–water partition coefficient (Wildman–Crippen LogP) is 4.32. The van der Waals surface area contributed by atoms with Gasteiger partial charge in [0.15, 0.2) is 0 Å². The van der Waals surface area contributed by atoms with Crippen LogP contribution >= 0.6 is 0 Å². The average Bonchev–Trinajstić information content (AvgIpc) is 2.41. The second-order valence-corrected chi connectivity index (χ2v) is 8.80.